The zero-order chi connectivity index (χ0) is 18.6. The van der Waals surface area contributed by atoms with Gasteiger partial charge in [-0.15, -0.1) is 0 Å². The molecule has 0 radical (unpaired) electrons. The highest BCUT2D eigenvalue weighted by atomic mass is 16.6. The molecule has 24 heavy (non-hydrogen) atoms. The summed E-state index contributed by atoms with van der Waals surface area (Å²) in [4.78, 5) is 23.1. The second kappa shape index (κ2) is 11.6. The smallest absolute Gasteiger partial charge is 0.331 e. The van der Waals surface area contributed by atoms with Gasteiger partial charge in [-0.3, -0.25) is 4.79 Å². The van der Waals surface area contributed by atoms with Crippen molar-refractivity contribution < 1.29 is 19.4 Å². The molecule has 0 aliphatic rings. The lowest BCUT2D eigenvalue weighted by atomic mass is 10.0. The molecule has 0 rings (SSSR count). The molecule has 1 amide bonds. The number of carbonyl (C=O) groups is 2. The van der Waals surface area contributed by atoms with Gasteiger partial charge in [-0.1, -0.05) is 37.3 Å². The molecule has 0 saturated carbocycles. The molecular weight excluding hydrogens is 308 g/mol. The first kappa shape index (κ1) is 22.1. The van der Waals surface area contributed by atoms with E-state index in [2.05, 4.69) is 5.32 Å². The standard InChI is InChI=1S/C18H30N2O4/c1-14(15(21)13-19)17(23)20-12-10-8-6-5-7-9-11-16(22)24-18(2,3)4/h5-9,11,14-15,21H,10,12-13,19H2,1-4H3,(H,20,23)/b7-5+,8-6+,11-9+/t14-,15-/m0/s1. The number of rotatable bonds is 9. The Bertz CT molecular complexity index is 476. The van der Waals surface area contributed by atoms with Crippen LogP contribution >= 0.6 is 0 Å². The average Bonchev–Trinajstić information content (AvgIpc) is 2.49. The van der Waals surface area contributed by atoms with Crippen LogP contribution in [0, 0.1) is 5.92 Å². The van der Waals surface area contributed by atoms with Gasteiger partial charge in [0.1, 0.15) is 5.60 Å². The Morgan fingerprint density at radius 2 is 1.83 bits per heavy atom. The van der Waals surface area contributed by atoms with Crippen LogP contribution in [-0.2, 0) is 14.3 Å². The molecule has 0 aliphatic heterocycles. The number of esters is 1. The van der Waals surface area contributed by atoms with E-state index in [4.69, 9.17) is 10.5 Å². The van der Waals surface area contributed by atoms with Gasteiger partial charge in [-0.2, -0.15) is 0 Å². The SMILES string of the molecule is C[C@H](C(=O)NCC/C=C/C=C/C=C/C(=O)OC(C)(C)C)[C@@H](O)CN. The Kier molecular flexibility index (Phi) is 10.7. The van der Waals surface area contributed by atoms with Crippen molar-refractivity contribution in [2.45, 2.75) is 45.8 Å². The number of hydrogen-bond acceptors (Lipinski definition) is 5. The van der Waals surface area contributed by atoms with E-state index < -0.39 is 17.6 Å². The molecule has 4 N–H and O–H groups in total. The molecule has 0 aromatic carbocycles. The Labute approximate surface area is 144 Å². The Morgan fingerprint density at radius 3 is 2.42 bits per heavy atom. The molecule has 2 atom stereocenters. The van der Waals surface area contributed by atoms with Crippen molar-refractivity contribution in [2.75, 3.05) is 13.1 Å². The molecule has 0 bridgehead atoms. The molecule has 0 saturated heterocycles. The largest absolute Gasteiger partial charge is 0.457 e. The fraction of sp³-hybridized carbons (Fsp3) is 0.556. The predicted octanol–water partition coefficient (Wildman–Crippen LogP) is 1.46. The highest BCUT2D eigenvalue weighted by Gasteiger charge is 2.19. The summed E-state index contributed by atoms with van der Waals surface area (Å²) in [6.45, 7) is 7.63. The molecule has 0 aliphatic carbocycles. The molecule has 0 aromatic rings. The van der Waals surface area contributed by atoms with Gasteiger partial charge in [0.15, 0.2) is 0 Å². The molecule has 0 heterocycles. The van der Waals surface area contributed by atoms with E-state index in [0.29, 0.717) is 13.0 Å². The first-order valence-electron chi connectivity index (χ1n) is 8.06. The third-order valence-corrected chi connectivity index (χ3v) is 2.95. The van der Waals surface area contributed by atoms with E-state index in [1.165, 1.54) is 6.08 Å². The number of hydrogen-bond donors (Lipinski definition) is 3. The first-order valence-corrected chi connectivity index (χ1v) is 8.06. The van der Waals surface area contributed by atoms with Crippen molar-refractivity contribution in [3.63, 3.8) is 0 Å². The number of nitrogens with two attached hydrogens (primary N) is 1. The van der Waals surface area contributed by atoms with Crippen LogP contribution in [0.1, 0.15) is 34.1 Å². The van der Waals surface area contributed by atoms with Crippen molar-refractivity contribution in [1.29, 1.82) is 0 Å². The zero-order valence-corrected chi connectivity index (χ0v) is 15.0. The van der Waals surface area contributed by atoms with Crippen LogP contribution in [0.4, 0.5) is 0 Å². The minimum Gasteiger partial charge on any atom is -0.457 e. The number of allylic oxidation sites excluding steroid dienone is 4. The quantitative estimate of drug-likeness (QED) is 0.256. The number of carbonyl (C=O) groups excluding carboxylic acids is 2. The van der Waals surface area contributed by atoms with Crippen LogP contribution in [0.5, 0.6) is 0 Å². The zero-order valence-electron chi connectivity index (χ0n) is 15.0. The van der Waals surface area contributed by atoms with E-state index in [9.17, 15) is 14.7 Å². The summed E-state index contributed by atoms with van der Waals surface area (Å²) in [5, 5.41) is 12.2. The molecule has 0 fully saturated rings. The van der Waals surface area contributed by atoms with E-state index in [-0.39, 0.29) is 18.4 Å². The topological polar surface area (TPSA) is 102 Å². The molecule has 6 nitrogen and oxygen atoms in total. The maximum absolute atomic E-state index is 11.7. The molecule has 0 aromatic heterocycles. The Balaban J connectivity index is 3.94. The summed E-state index contributed by atoms with van der Waals surface area (Å²) in [5.74, 6) is -1.11. The fourth-order valence-electron chi connectivity index (χ4n) is 1.59. The summed E-state index contributed by atoms with van der Waals surface area (Å²) in [7, 11) is 0. The molecule has 0 unspecified atom stereocenters. The van der Waals surface area contributed by atoms with Crippen LogP contribution in [-0.4, -0.2) is 41.8 Å². The lowest BCUT2D eigenvalue weighted by Gasteiger charge is -2.17. The van der Waals surface area contributed by atoms with E-state index in [1.807, 2.05) is 32.9 Å². The molecular formula is C18H30N2O4. The maximum atomic E-state index is 11.7. The van der Waals surface area contributed by atoms with Crippen molar-refractivity contribution in [3.8, 4) is 0 Å². The Morgan fingerprint density at radius 1 is 1.21 bits per heavy atom. The maximum Gasteiger partial charge on any atom is 0.331 e. The van der Waals surface area contributed by atoms with Crippen molar-refractivity contribution in [3.05, 3.63) is 36.5 Å². The van der Waals surface area contributed by atoms with Gasteiger partial charge in [-0.25, -0.2) is 4.79 Å². The molecule has 0 spiro atoms. The predicted molar refractivity (Wildman–Crippen MR) is 95.1 cm³/mol. The second-order valence-corrected chi connectivity index (χ2v) is 6.38. The molecule has 6 heteroatoms. The first-order chi connectivity index (χ1) is 11.2. The highest BCUT2D eigenvalue weighted by Crippen LogP contribution is 2.07. The highest BCUT2D eigenvalue weighted by molar-refractivity contribution is 5.82. The van der Waals surface area contributed by atoms with Crippen LogP contribution in [0.2, 0.25) is 0 Å². The van der Waals surface area contributed by atoms with E-state index in [1.54, 1.807) is 25.2 Å². The monoisotopic (exact) mass is 338 g/mol. The van der Waals surface area contributed by atoms with Crippen LogP contribution in [0.3, 0.4) is 0 Å². The van der Waals surface area contributed by atoms with Gasteiger partial charge in [0.05, 0.1) is 12.0 Å². The number of aliphatic hydroxyl groups is 1. The summed E-state index contributed by atoms with van der Waals surface area (Å²) in [5.41, 5.74) is 4.82. The lowest BCUT2D eigenvalue weighted by molar-refractivity contribution is -0.148. The number of ether oxygens (including phenoxy) is 1. The minimum atomic E-state index is -0.819. The summed E-state index contributed by atoms with van der Waals surface area (Å²) in [6, 6.07) is 0. The van der Waals surface area contributed by atoms with Crippen molar-refractivity contribution >= 4 is 11.9 Å². The van der Waals surface area contributed by atoms with Crippen LogP contribution in [0.25, 0.3) is 0 Å². The number of amides is 1. The van der Waals surface area contributed by atoms with Crippen molar-refractivity contribution in [1.82, 2.24) is 5.32 Å². The van der Waals surface area contributed by atoms with Gasteiger partial charge >= 0.3 is 5.97 Å². The van der Waals surface area contributed by atoms with Crippen LogP contribution < -0.4 is 11.1 Å². The normalized spacial score (nSPS) is 15.1. The number of aliphatic hydroxyl groups excluding tert-OH is 1. The van der Waals surface area contributed by atoms with Gasteiger partial charge in [0.25, 0.3) is 0 Å². The summed E-state index contributed by atoms with van der Waals surface area (Å²) >= 11 is 0. The van der Waals surface area contributed by atoms with E-state index in [0.717, 1.165) is 0 Å². The average molecular weight is 338 g/mol. The third-order valence-electron chi connectivity index (χ3n) is 2.95. The van der Waals surface area contributed by atoms with Crippen LogP contribution in [0.15, 0.2) is 36.5 Å². The number of nitrogens with one attached hydrogen (secondary N) is 1. The summed E-state index contributed by atoms with van der Waals surface area (Å²) < 4.78 is 5.12. The molecule has 136 valence electrons. The second-order valence-electron chi connectivity index (χ2n) is 6.38. The lowest BCUT2D eigenvalue weighted by Crippen LogP contribution is -2.39. The van der Waals surface area contributed by atoms with Crippen molar-refractivity contribution in [2.24, 2.45) is 11.7 Å². The van der Waals surface area contributed by atoms with Gasteiger partial charge < -0.3 is 20.9 Å². The van der Waals surface area contributed by atoms with Gasteiger partial charge in [0.2, 0.25) is 5.91 Å². The Hall–Kier alpha value is -1.92. The minimum absolute atomic E-state index is 0.0656. The van der Waals surface area contributed by atoms with Gasteiger partial charge in [-0.05, 0) is 27.2 Å². The summed E-state index contributed by atoms with van der Waals surface area (Å²) in [6.07, 6.45) is 10.0. The third kappa shape index (κ3) is 11.6. The van der Waals surface area contributed by atoms with E-state index >= 15 is 0 Å². The fourth-order valence-corrected chi connectivity index (χ4v) is 1.59. The van der Waals surface area contributed by atoms with Gasteiger partial charge in [0, 0.05) is 19.2 Å².